The first-order valence-corrected chi connectivity index (χ1v) is 10.9. The highest BCUT2D eigenvalue weighted by Gasteiger charge is 2.34. The number of aromatic nitrogens is 1. The fourth-order valence-electron chi connectivity index (χ4n) is 3.52. The SMILES string of the molecule is COC(=O)C1=C(C(=O)OC)N(c2ccc([N+](=O)[O-])cc2-c2nc(-c3ccccc3)cs2)COC1. The molecule has 3 aromatic rings. The molecule has 11 heteroatoms. The molecule has 0 amide bonds. The molecule has 0 fully saturated rings. The molecule has 34 heavy (non-hydrogen) atoms. The summed E-state index contributed by atoms with van der Waals surface area (Å²) >= 11 is 1.30. The predicted octanol–water partition coefficient (Wildman–Crippen LogP) is 3.78. The average Bonchev–Trinajstić information content (AvgIpc) is 3.37. The predicted molar refractivity (Wildman–Crippen MR) is 124 cm³/mol. The molecular formula is C23H19N3O7S. The molecule has 1 aliphatic heterocycles. The minimum absolute atomic E-state index is 0.0194. The van der Waals surface area contributed by atoms with Gasteiger partial charge in [0.25, 0.3) is 5.69 Å². The number of benzene rings is 2. The Kier molecular flexibility index (Phi) is 6.66. The van der Waals surface area contributed by atoms with Crippen LogP contribution in [0.2, 0.25) is 0 Å². The average molecular weight is 481 g/mol. The first-order valence-electron chi connectivity index (χ1n) is 9.99. The van der Waals surface area contributed by atoms with Crippen LogP contribution in [0.3, 0.4) is 0 Å². The third kappa shape index (κ3) is 4.38. The summed E-state index contributed by atoms with van der Waals surface area (Å²) in [6, 6.07) is 13.7. The first kappa shape index (κ1) is 23.1. The summed E-state index contributed by atoms with van der Waals surface area (Å²) in [5.41, 5.74) is 2.15. The number of hydrogen-bond donors (Lipinski definition) is 0. The molecule has 1 aliphatic rings. The molecule has 2 heterocycles. The Balaban J connectivity index is 1.89. The molecule has 10 nitrogen and oxygen atoms in total. The monoisotopic (exact) mass is 481 g/mol. The number of esters is 2. The molecule has 4 rings (SSSR count). The van der Waals surface area contributed by atoms with Gasteiger partial charge >= 0.3 is 11.9 Å². The van der Waals surface area contributed by atoms with Crippen molar-refractivity contribution >= 4 is 34.7 Å². The van der Waals surface area contributed by atoms with Crippen LogP contribution in [0.5, 0.6) is 0 Å². The van der Waals surface area contributed by atoms with Crippen LogP contribution in [0.25, 0.3) is 21.8 Å². The zero-order valence-electron chi connectivity index (χ0n) is 18.2. The lowest BCUT2D eigenvalue weighted by atomic mass is 10.1. The van der Waals surface area contributed by atoms with E-state index in [9.17, 15) is 19.7 Å². The van der Waals surface area contributed by atoms with Crippen LogP contribution in [0.1, 0.15) is 0 Å². The third-order valence-electron chi connectivity index (χ3n) is 5.12. The Morgan fingerprint density at radius 2 is 1.85 bits per heavy atom. The Labute approximate surface area is 198 Å². The number of hydrogen-bond acceptors (Lipinski definition) is 10. The van der Waals surface area contributed by atoms with E-state index in [0.717, 1.165) is 5.56 Å². The van der Waals surface area contributed by atoms with Gasteiger partial charge in [0.15, 0.2) is 0 Å². The van der Waals surface area contributed by atoms with E-state index in [-0.39, 0.29) is 30.3 Å². The zero-order chi connectivity index (χ0) is 24.2. The number of methoxy groups -OCH3 is 2. The normalized spacial score (nSPS) is 13.5. The van der Waals surface area contributed by atoms with E-state index in [2.05, 4.69) is 4.98 Å². The van der Waals surface area contributed by atoms with Crippen LogP contribution in [0.4, 0.5) is 11.4 Å². The molecular weight excluding hydrogens is 462 g/mol. The molecule has 0 saturated heterocycles. The number of nitrogens with zero attached hydrogens (tertiary/aromatic N) is 3. The van der Waals surface area contributed by atoms with E-state index < -0.39 is 16.9 Å². The topological polar surface area (TPSA) is 121 Å². The van der Waals surface area contributed by atoms with Crippen LogP contribution >= 0.6 is 11.3 Å². The lowest BCUT2D eigenvalue weighted by Gasteiger charge is -2.32. The smallest absolute Gasteiger partial charge is 0.355 e. The maximum Gasteiger partial charge on any atom is 0.355 e. The van der Waals surface area contributed by atoms with Crippen molar-refractivity contribution in [1.82, 2.24) is 4.98 Å². The van der Waals surface area contributed by atoms with E-state index in [1.54, 1.807) is 0 Å². The van der Waals surface area contributed by atoms with Gasteiger partial charge in [-0.15, -0.1) is 11.3 Å². The summed E-state index contributed by atoms with van der Waals surface area (Å²) in [5, 5.41) is 13.8. The maximum atomic E-state index is 12.7. The third-order valence-corrected chi connectivity index (χ3v) is 5.99. The second-order valence-electron chi connectivity index (χ2n) is 7.08. The number of non-ortho nitro benzene ring substituents is 1. The molecule has 0 atom stereocenters. The summed E-state index contributed by atoms with van der Waals surface area (Å²) in [6.07, 6.45) is 0. The molecule has 174 valence electrons. The number of carbonyl (C=O) groups excluding carboxylic acids is 2. The highest BCUT2D eigenvalue weighted by Crippen LogP contribution is 2.40. The Bertz CT molecular complexity index is 1290. The number of thiazole rings is 1. The lowest BCUT2D eigenvalue weighted by molar-refractivity contribution is -0.384. The molecule has 0 saturated carbocycles. The van der Waals surface area contributed by atoms with E-state index in [1.807, 2.05) is 35.7 Å². The van der Waals surface area contributed by atoms with Crippen LogP contribution < -0.4 is 4.90 Å². The summed E-state index contributed by atoms with van der Waals surface area (Å²) in [6.45, 7) is -0.238. The summed E-state index contributed by atoms with van der Waals surface area (Å²) in [7, 11) is 2.39. The highest BCUT2D eigenvalue weighted by molar-refractivity contribution is 7.13. The van der Waals surface area contributed by atoms with Gasteiger partial charge < -0.3 is 19.1 Å². The number of nitro benzene ring substituents is 1. The quantitative estimate of drug-likeness (QED) is 0.294. The van der Waals surface area contributed by atoms with Gasteiger partial charge in [-0.2, -0.15) is 0 Å². The fraction of sp³-hybridized carbons (Fsp3) is 0.174. The maximum absolute atomic E-state index is 12.7. The largest absolute Gasteiger partial charge is 0.466 e. The van der Waals surface area contributed by atoms with Gasteiger partial charge in [0.05, 0.1) is 42.7 Å². The molecule has 1 aromatic heterocycles. The molecule has 0 bridgehead atoms. The first-order chi connectivity index (χ1) is 16.4. The van der Waals surface area contributed by atoms with Crippen LogP contribution in [-0.4, -0.2) is 49.4 Å². The molecule has 0 aliphatic carbocycles. The number of nitro groups is 1. The van der Waals surface area contributed by atoms with E-state index >= 15 is 0 Å². The van der Waals surface area contributed by atoms with Crippen LogP contribution in [-0.2, 0) is 23.8 Å². The molecule has 2 aromatic carbocycles. The van der Waals surface area contributed by atoms with Crippen LogP contribution in [0, 0.1) is 10.1 Å². The van der Waals surface area contributed by atoms with Crippen molar-refractivity contribution in [2.24, 2.45) is 0 Å². The number of ether oxygens (including phenoxy) is 3. The summed E-state index contributed by atoms with van der Waals surface area (Å²) < 4.78 is 15.3. The standard InChI is InChI=1S/C23H19N3O7S/c1-31-22(27)17-11-33-13-25(20(17)23(28)32-2)19-9-8-15(26(29)30)10-16(19)21-24-18(12-34-21)14-6-4-3-5-7-14/h3-10,12H,11,13H2,1-2H3. The Morgan fingerprint density at radius 1 is 1.12 bits per heavy atom. The van der Waals surface area contributed by atoms with Gasteiger partial charge in [-0.05, 0) is 6.07 Å². The zero-order valence-corrected chi connectivity index (χ0v) is 19.0. The van der Waals surface area contributed by atoms with Gasteiger partial charge in [-0.3, -0.25) is 10.1 Å². The van der Waals surface area contributed by atoms with Crippen molar-refractivity contribution in [2.45, 2.75) is 0 Å². The van der Waals surface area contributed by atoms with Crippen molar-refractivity contribution in [3.8, 4) is 21.8 Å². The Hall–Kier alpha value is -4.09. The van der Waals surface area contributed by atoms with Crippen LogP contribution in [0.15, 0.2) is 65.2 Å². The number of rotatable bonds is 6. The van der Waals surface area contributed by atoms with Gasteiger partial charge in [-0.25, -0.2) is 14.6 Å². The molecule has 0 N–H and O–H groups in total. The lowest BCUT2D eigenvalue weighted by Crippen LogP contribution is -2.39. The minimum atomic E-state index is -0.767. The van der Waals surface area contributed by atoms with Crippen molar-refractivity contribution in [3.63, 3.8) is 0 Å². The molecule has 0 radical (unpaired) electrons. The minimum Gasteiger partial charge on any atom is -0.466 e. The summed E-state index contributed by atoms with van der Waals surface area (Å²) in [4.78, 5) is 42.1. The number of anilines is 1. The fourth-order valence-corrected chi connectivity index (χ4v) is 4.37. The van der Waals surface area contributed by atoms with Gasteiger partial charge in [0, 0.05) is 28.6 Å². The van der Waals surface area contributed by atoms with Crippen molar-refractivity contribution in [1.29, 1.82) is 0 Å². The number of carbonyl (C=O) groups is 2. The van der Waals surface area contributed by atoms with Crippen molar-refractivity contribution in [3.05, 3.63) is 75.3 Å². The van der Waals surface area contributed by atoms with E-state index in [1.165, 1.54) is 48.7 Å². The van der Waals surface area contributed by atoms with E-state index in [0.29, 0.717) is 22.0 Å². The van der Waals surface area contributed by atoms with E-state index in [4.69, 9.17) is 14.2 Å². The second-order valence-corrected chi connectivity index (χ2v) is 7.94. The van der Waals surface area contributed by atoms with Crippen molar-refractivity contribution in [2.75, 3.05) is 32.5 Å². The molecule has 0 spiro atoms. The van der Waals surface area contributed by atoms with Gasteiger partial charge in [-0.1, -0.05) is 30.3 Å². The van der Waals surface area contributed by atoms with Gasteiger partial charge in [0.1, 0.15) is 17.4 Å². The highest BCUT2D eigenvalue weighted by atomic mass is 32.1. The Morgan fingerprint density at radius 3 is 2.53 bits per heavy atom. The molecule has 0 unspecified atom stereocenters. The van der Waals surface area contributed by atoms with Crippen molar-refractivity contribution < 1.29 is 28.7 Å². The summed E-state index contributed by atoms with van der Waals surface area (Å²) in [5.74, 6) is -1.51. The van der Waals surface area contributed by atoms with Gasteiger partial charge in [0.2, 0.25) is 0 Å². The second kappa shape index (κ2) is 9.81.